The number of rotatable bonds is 3. The minimum absolute atomic E-state index is 0.114. The van der Waals surface area contributed by atoms with Crippen molar-refractivity contribution in [3.05, 3.63) is 155 Å². The normalized spacial score (nSPS) is 22.8. The largest absolute Gasteiger partial charge is 0.365 e. The highest BCUT2D eigenvalue weighted by Gasteiger charge is 2.45. The van der Waals surface area contributed by atoms with Gasteiger partial charge >= 0.3 is 0 Å². The van der Waals surface area contributed by atoms with Crippen LogP contribution in [0.1, 0.15) is 59.4 Å². The van der Waals surface area contributed by atoms with Gasteiger partial charge in [0.05, 0.1) is 6.04 Å². The van der Waals surface area contributed by atoms with Gasteiger partial charge in [0.15, 0.2) is 0 Å². The molecule has 2 aliphatic heterocycles. The van der Waals surface area contributed by atoms with Crippen molar-refractivity contribution < 1.29 is 0 Å². The number of nitrogens with zero attached hydrogens (tertiary/aromatic N) is 2. The van der Waals surface area contributed by atoms with E-state index in [9.17, 15) is 0 Å². The van der Waals surface area contributed by atoms with E-state index in [1.807, 2.05) is 0 Å². The fraction of sp³-hybridized carbons (Fsp3) is 0.179. The Labute approximate surface area is 247 Å². The number of hydrogen-bond donors (Lipinski definition) is 1. The van der Waals surface area contributed by atoms with Gasteiger partial charge in [-0.2, -0.15) is 0 Å². The average molecular weight is 544 g/mol. The molecule has 3 unspecified atom stereocenters. The molecule has 204 valence electrons. The van der Waals surface area contributed by atoms with Crippen LogP contribution in [-0.4, -0.2) is 10.6 Å². The van der Waals surface area contributed by atoms with E-state index in [1.54, 1.807) is 0 Å². The van der Waals surface area contributed by atoms with Crippen LogP contribution in [0.2, 0.25) is 0 Å². The molecule has 9 rings (SSSR count). The van der Waals surface area contributed by atoms with Crippen molar-refractivity contribution in [1.82, 2.24) is 9.88 Å². The standard InChI is InChI=1S/C39H33N3/c1-2-12-26(13-3-1)28-15-5-9-19-32(28)41-33-20-10-6-16-29(33)38-35(41)23-24-36-39(38)30-17-7-11-21-34(30)42(36)37-25-22-27-14-4-8-18-31(27)40-37/h1-6,9-16,19-25,35,37-38,40H,7-8,17-18H2. The van der Waals surface area contributed by atoms with Gasteiger partial charge in [0, 0.05) is 39.9 Å². The summed E-state index contributed by atoms with van der Waals surface area (Å²) in [5.41, 5.74) is 15.0. The molecular weight excluding hydrogens is 510 g/mol. The molecule has 0 radical (unpaired) electrons. The predicted molar refractivity (Wildman–Crippen MR) is 174 cm³/mol. The van der Waals surface area contributed by atoms with Crippen LogP contribution in [0.5, 0.6) is 0 Å². The van der Waals surface area contributed by atoms with E-state index in [2.05, 4.69) is 142 Å². The second-order valence-electron chi connectivity index (χ2n) is 11.9. The first-order valence-corrected chi connectivity index (χ1v) is 15.4. The Morgan fingerprint density at radius 1 is 0.667 bits per heavy atom. The molecule has 3 aliphatic carbocycles. The van der Waals surface area contributed by atoms with Crippen molar-refractivity contribution in [2.24, 2.45) is 0 Å². The van der Waals surface area contributed by atoms with Crippen LogP contribution in [0.15, 0.2) is 127 Å². The molecule has 3 nitrogen and oxygen atoms in total. The molecule has 3 heteroatoms. The molecule has 42 heavy (non-hydrogen) atoms. The summed E-state index contributed by atoms with van der Waals surface area (Å²) < 4.78 is 2.58. The lowest BCUT2D eigenvalue weighted by molar-refractivity contribution is 0.503. The number of dihydropyridines is 1. The molecule has 0 spiro atoms. The number of anilines is 2. The maximum atomic E-state index is 3.92. The van der Waals surface area contributed by atoms with Crippen LogP contribution in [0.3, 0.4) is 0 Å². The molecule has 1 N–H and O–H groups in total. The van der Waals surface area contributed by atoms with Crippen LogP contribution in [0.4, 0.5) is 11.4 Å². The Hall–Kier alpha value is -4.76. The molecule has 0 saturated carbocycles. The second-order valence-corrected chi connectivity index (χ2v) is 11.9. The molecule has 4 aromatic rings. The minimum Gasteiger partial charge on any atom is -0.365 e. The third-order valence-electron chi connectivity index (χ3n) is 9.71. The summed E-state index contributed by atoms with van der Waals surface area (Å²) in [7, 11) is 0. The zero-order valence-corrected chi connectivity index (χ0v) is 23.6. The van der Waals surface area contributed by atoms with Crippen molar-refractivity contribution in [3.8, 4) is 11.1 Å². The Bertz CT molecular complexity index is 1880. The monoisotopic (exact) mass is 543 g/mol. The summed E-state index contributed by atoms with van der Waals surface area (Å²) >= 11 is 0. The molecule has 0 amide bonds. The van der Waals surface area contributed by atoms with Gasteiger partial charge in [0.25, 0.3) is 0 Å². The van der Waals surface area contributed by atoms with Crippen molar-refractivity contribution in [2.45, 2.75) is 43.8 Å². The zero-order valence-electron chi connectivity index (χ0n) is 23.6. The lowest BCUT2D eigenvalue weighted by Crippen LogP contribution is -2.32. The highest BCUT2D eigenvalue weighted by atomic mass is 15.2. The number of benzene rings is 3. The average Bonchev–Trinajstić information content (AvgIpc) is 3.58. The van der Waals surface area contributed by atoms with Crippen LogP contribution in [-0.2, 0) is 6.42 Å². The molecular formula is C39H33N3. The quantitative estimate of drug-likeness (QED) is 0.278. The molecule has 5 aliphatic rings. The summed E-state index contributed by atoms with van der Waals surface area (Å²) in [5, 5.41) is 3.92. The van der Waals surface area contributed by atoms with Crippen molar-refractivity contribution in [3.63, 3.8) is 0 Å². The lowest BCUT2D eigenvalue weighted by Gasteiger charge is -2.33. The number of hydrogen-bond acceptors (Lipinski definition) is 2. The third-order valence-corrected chi connectivity index (χ3v) is 9.71. The van der Waals surface area contributed by atoms with Gasteiger partial charge in [-0.15, -0.1) is 0 Å². The first-order chi connectivity index (χ1) is 20.9. The van der Waals surface area contributed by atoms with Gasteiger partial charge in [-0.1, -0.05) is 97.1 Å². The van der Waals surface area contributed by atoms with Gasteiger partial charge < -0.3 is 14.8 Å². The lowest BCUT2D eigenvalue weighted by atomic mass is 9.80. The summed E-state index contributed by atoms with van der Waals surface area (Å²) in [4.78, 5) is 2.61. The summed E-state index contributed by atoms with van der Waals surface area (Å²) in [5.74, 6) is 0.284. The molecule has 0 saturated heterocycles. The Kier molecular flexibility index (Phi) is 5.34. The van der Waals surface area contributed by atoms with Gasteiger partial charge in [-0.3, -0.25) is 0 Å². The first-order valence-electron chi connectivity index (χ1n) is 15.4. The van der Waals surface area contributed by atoms with Gasteiger partial charge in [-0.05, 0) is 83.9 Å². The van der Waals surface area contributed by atoms with E-state index >= 15 is 0 Å². The molecule has 1 aromatic heterocycles. The van der Waals surface area contributed by atoms with Gasteiger partial charge in [-0.25, -0.2) is 0 Å². The number of fused-ring (bicyclic) bond motifs is 7. The van der Waals surface area contributed by atoms with E-state index in [-0.39, 0.29) is 18.1 Å². The van der Waals surface area contributed by atoms with E-state index in [4.69, 9.17) is 0 Å². The van der Waals surface area contributed by atoms with E-state index < -0.39 is 0 Å². The summed E-state index contributed by atoms with van der Waals surface area (Å²) in [6.07, 6.45) is 23.3. The highest BCUT2D eigenvalue weighted by molar-refractivity contribution is 5.88. The van der Waals surface area contributed by atoms with Crippen molar-refractivity contribution in [2.75, 3.05) is 4.90 Å². The Morgan fingerprint density at radius 3 is 2.38 bits per heavy atom. The second kappa shape index (κ2) is 9.39. The maximum Gasteiger partial charge on any atom is 0.123 e. The van der Waals surface area contributed by atoms with E-state index in [0.717, 1.165) is 25.7 Å². The van der Waals surface area contributed by atoms with Crippen molar-refractivity contribution >= 4 is 23.5 Å². The van der Waals surface area contributed by atoms with Crippen LogP contribution in [0, 0.1) is 0 Å². The van der Waals surface area contributed by atoms with Gasteiger partial charge in [0.1, 0.15) is 6.17 Å². The molecule has 3 heterocycles. The number of nitrogens with one attached hydrogen (secondary N) is 1. The van der Waals surface area contributed by atoms with Crippen LogP contribution < -0.4 is 10.2 Å². The molecule has 3 aromatic carbocycles. The fourth-order valence-electron chi connectivity index (χ4n) is 7.96. The molecule has 0 bridgehead atoms. The van der Waals surface area contributed by atoms with Crippen molar-refractivity contribution in [1.29, 1.82) is 0 Å². The number of allylic oxidation sites excluding steroid dienone is 6. The first kappa shape index (κ1) is 23.9. The Morgan fingerprint density at radius 2 is 1.45 bits per heavy atom. The van der Waals surface area contributed by atoms with Crippen LogP contribution in [0.25, 0.3) is 23.3 Å². The molecule has 3 atom stereocenters. The number of aromatic nitrogens is 1. The fourth-order valence-corrected chi connectivity index (χ4v) is 7.96. The SMILES string of the molecule is C1=CC2=C(CC1)NC(n1c3c(c4c1C=CC1C4c4ccccc4N1c1ccccc1-c1ccccc1)CCC=C3)C=C2. The smallest absolute Gasteiger partial charge is 0.123 e. The van der Waals surface area contributed by atoms with E-state index in [0.29, 0.717) is 0 Å². The topological polar surface area (TPSA) is 20.2 Å². The minimum atomic E-state index is 0.114. The number of para-hydroxylation sites is 2. The zero-order chi connectivity index (χ0) is 27.6. The summed E-state index contributed by atoms with van der Waals surface area (Å²) in [6.45, 7) is 0. The summed E-state index contributed by atoms with van der Waals surface area (Å²) in [6, 6.07) is 29.1. The predicted octanol–water partition coefficient (Wildman–Crippen LogP) is 9.06. The third kappa shape index (κ3) is 3.46. The highest BCUT2D eigenvalue weighted by Crippen LogP contribution is 2.55. The Balaban J connectivity index is 1.22. The van der Waals surface area contributed by atoms with Gasteiger partial charge in [0.2, 0.25) is 0 Å². The van der Waals surface area contributed by atoms with E-state index in [1.165, 1.54) is 61.9 Å². The maximum absolute atomic E-state index is 3.92. The molecule has 0 fully saturated rings. The van der Waals surface area contributed by atoms with Crippen LogP contribution >= 0.6 is 0 Å².